The topological polar surface area (TPSA) is 48.4 Å². The number of benzene rings is 1. The molecule has 0 fully saturated rings. The number of halogens is 3. The summed E-state index contributed by atoms with van der Waals surface area (Å²) in [5.74, 6) is -0.805. The van der Waals surface area contributed by atoms with Crippen molar-refractivity contribution in [1.29, 1.82) is 0 Å². The molecular weight excluding hydrogens is 299 g/mol. The fourth-order valence-corrected chi connectivity index (χ4v) is 1.76. The van der Waals surface area contributed by atoms with Crippen LogP contribution in [-0.4, -0.2) is 23.9 Å². The molecule has 0 bridgehead atoms. The van der Waals surface area contributed by atoms with E-state index in [1.54, 1.807) is 6.92 Å². The first kappa shape index (κ1) is 15.8. The SMILES string of the molecule is CCOC(=O)c1ccnc(-c2ccc(OC(F)(F)F)cc2)c1. The average molecular weight is 311 g/mol. The van der Waals surface area contributed by atoms with Crippen molar-refractivity contribution in [3.63, 3.8) is 0 Å². The third-order valence-electron chi connectivity index (χ3n) is 2.65. The van der Waals surface area contributed by atoms with Crippen LogP contribution in [0, 0.1) is 0 Å². The van der Waals surface area contributed by atoms with Gasteiger partial charge in [0.1, 0.15) is 5.75 Å². The molecule has 0 unspecified atom stereocenters. The van der Waals surface area contributed by atoms with Gasteiger partial charge in [0.2, 0.25) is 0 Å². The van der Waals surface area contributed by atoms with Gasteiger partial charge in [-0.15, -0.1) is 13.2 Å². The van der Waals surface area contributed by atoms with Gasteiger partial charge in [-0.3, -0.25) is 4.98 Å². The zero-order valence-electron chi connectivity index (χ0n) is 11.6. The average Bonchev–Trinajstić information content (AvgIpc) is 2.47. The summed E-state index contributed by atoms with van der Waals surface area (Å²) in [7, 11) is 0. The summed E-state index contributed by atoms with van der Waals surface area (Å²) in [6.45, 7) is 1.94. The van der Waals surface area contributed by atoms with E-state index in [2.05, 4.69) is 9.72 Å². The lowest BCUT2D eigenvalue weighted by Crippen LogP contribution is -2.16. The molecule has 1 aromatic heterocycles. The zero-order valence-corrected chi connectivity index (χ0v) is 11.6. The molecule has 0 N–H and O–H groups in total. The van der Waals surface area contributed by atoms with Gasteiger partial charge < -0.3 is 9.47 Å². The Bertz CT molecular complexity index is 654. The lowest BCUT2D eigenvalue weighted by atomic mass is 10.1. The zero-order chi connectivity index (χ0) is 16.2. The number of hydrogen-bond donors (Lipinski definition) is 0. The van der Waals surface area contributed by atoms with Gasteiger partial charge in [-0.05, 0) is 43.3 Å². The van der Waals surface area contributed by atoms with Crippen LogP contribution < -0.4 is 4.74 Å². The Kier molecular flexibility index (Phi) is 4.65. The van der Waals surface area contributed by atoms with Gasteiger partial charge in [-0.2, -0.15) is 0 Å². The Morgan fingerprint density at radius 3 is 2.45 bits per heavy atom. The Hall–Kier alpha value is -2.57. The number of hydrogen-bond acceptors (Lipinski definition) is 4. The number of nitrogens with zero attached hydrogens (tertiary/aromatic N) is 1. The smallest absolute Gasteiger partial charge is 0.462 e. The van der Waals surface area contributed by atoms with E-state index >= 15 is 0 Å². The van der Waals surface area contributed by atoms with Crippen LogP contribution in [0.5, 0.6) is 5.75 Å². The summed E-state index contributed by atoms with van der Waals surface area (Å²) < 4.78 is 45.0. The lowest BCUT2D eigenvalue weighted by Gasteiger charge is -2.09. The van der Waals surface area contributed by atoms with Crippen molar-refractivity contribution in [2.75, 3.05) is 6.61 Å². The Morgan fingerprint density at radius 2 is 1.86 bits per heavy atom. The molecule has 0 saturated heterocycles. The van der Waals surface area contributed by atoms with Gasteiger partial charge >= 0.3 is 12.3 Å². The van der Waals surface area contributed by atoms with Gasteiger partial charge in [-0.1, -0.05) is 0 Å². The fraction of sp³-hybridized carbons (Fsp3) is 0.200. The Labute approximate surface area is 124 Å². The van der Waals surface area contributed by atoms with E-state index < -0.39 is 12.3 Å². The molecule has 2 rings (SSSR count). The molecule has 0 spiro atoms. The highest BCUT2D eigenvalue weighted by Crippen LogP contribution is 2.26. The van der Waals surface area contributed by atoms with Gasteiger partial charge in [0.15, 0.2) is 0 Å². The monoisotopic (exact) mass is 311 g/mol. The molecule has 0 aliphatic carbocycles. The molecule has 22 heavy (non-hydrogen) atoms. The highest BCUT2D eigenvalue weighted by molar-refractivity contribution is 5.90. The molecule has 4 nitrogen and oxygen atoms in total. The van der Waals surface area contributed by atoms with Crippen LogP contribution in [0.2, 0.25) is 0 Å². The maximum absolute atomic E-state index is 12.1. The first-order valence-electron chi connectivity index (χ1n) is 6.38. The van der Waals surface area contributed by atoms with E-state index in [0.29, 0.717) is 16.8 Å². The largest absolute Gasteiger partial charge is 0.573 e. The first-order chi connectivity index (χ1) is 10.4. The fourth-order valence-electron chi connectivity index (χ4n) is 1.76. The minimum Gasteiger partial charge on any atom is -0.462 e. The number of carbonyl (C=O) groups is 1. The van der Waals surface area contributed by atoms with E-state index in [1.807, 2.05) is 0 Å². The van der Waals surface area contributed by atoms with Crippen LogP contribution in [-0.2, 0) is 4.74 Å². The molecule has 116 valence electrons. The summed E-state index contributed by atoms with van der Waals surface area (Å²) in [5.41, 5.74) is 1.33. The summed E-state index contributed by atoms with van der Waals surface area (Å²) in [6.07, 6.45) is -3.30. The standard InChI is InChI=1S/C15H12F3NO3/c1-2-21-14(20)11-7-8-19-13(9-11)10-3-5-12(6-4-10)22-15(16,17)18/h3-9H,2H2,1H3. The van der Waals surface area contributed by atoms with Gasteiger partial charge in [0, 0.05) is 11.8 Å². The third kappa shape index (κ3) is 4.21. The van der Waals surface area contributed by atoms with Gasteiger partial charge in [0.05, 0.1) is 17.9 Å². The molecular formula is C15H12F3NO3. The van der Waals surface area contributed by atoms with E-state index in [-0.39, 0.29) is 12.4 Å². The molecule has 0 radical (unpaired) electrons. The van der Waals surface area contributed by atoms with Crippen LogP contribution in [0.25, 0.3) is 11.3 Å². The van der Waals surface area contributed by atoms with Crippen molar-refractivity contribution in [1.82, 2.24) is 4.98 Å². The van der Waals surface area contributed by atoms with Crippen molar-refractivity contribution >= 4 is 5.97 Å². The number of ether oxygens (including phenoxy) is 2. The number of rotatable bonds is 4. The normalized spacial score (nSPS) is 11.1. The maximum Gasteiger partial charge on any atom is 0.573 e. The lowest BCUT2D eigenvalue weighted by molar-refractivity contribution is -0.274. The molecule has 0 saturated carbocycles. The second-order valence-corrected chi connectivity index (χ2v) is 4.22. The summed E-state index contributed by atoms with van der Waals surface area (Å²) in [6, 6.07) is 8.24. The highest BCUT2D eigenvalue weighted by Gasteiger charge is 2.30. The van der Waals surface area contributed by atoms with Crippen LogP contribution in [0.3, 0.4) is 0 Å². The predicted octanol–water partition coefficient (Wildman–Crippen LogP) is 3.82. The van der Waals surface area contributed by atoms with Crippen LogP contribution >= 0.6 is 0 Å². The highest BCUT2D eigenvalue weighted by atomic mass is 19.4. The van der Waals surface area contributed by atoms with E-state index in [1.165, 1.54) is 42.6 Å². The molecule has 0 aliphatic rings. The quantitative estimate of drug-likeness (QED) is 0.805. The predicted molar refractivity (Wildman–Crippen MR) is 72.3 cm³/mol. The number of esters is 1. The molecule has 0 aliphatic heterocycles. The van der Waals surface area contributed by atoms with Crippen molar-refractivity contribution in [2.45, 2.75) is 13.3 Å². The van der Waals surface area contributed by atoms with Crippen LogP contribution in [0.4, 0.5) is 13.2 Å². The van der Waals surface area contributed by atoms with Crippen molar-refractivity contribution < 1.29 is 27.4 Å². The van der Waals surface area contributed by atoms with Gasteiger partial charge in [-0.25, -0.2) is 4.79 Å². The van der Waals surface area contributed by atoms with Gasteiger partial charge in [0.25, 0.3) is 0 Å². The number of aromatic nitrogens is 1. The van der Waals surface area contributed by atoms with Crippen molar-refractivity contribution in [3.8, 4) is 17.0 Å². The molecule has 0 atom stereocenters. The molecule has 0 amide bonds. The van der Waals surface area contributed by atoms with E-state index in [9.17, 15) is 18.0 Å². The Balaban J connectivity index is 2.21. The second-order valence-electron chi connectivity index (χ2n) is 4.22. The number of pyridine rings is 1. The first-order valence-corrected chi connectivity index (χ1v) is 6.38. The molecule has 7 heteroatoms. The van der Waals surface area contributed by atoms with Crippen molar-refractivity contribution in [2.24, 2.45) is 0 Å². The van der Waals surface area contributed by atoms with E-state index in [0.717, 1.165) is 0 Å². The van der Waals surface area contributed by atoms with Crippen molar-refractivity contribution in [3.05, 3.63) is 48.2 Å². The molecule has 1 aromatic carbocycles. The third-order valence-corrected chi connectivity index (χ3v) is 2.65. The summed E-state index contributed by atoms with van der Waals surface area (Å²) in [5, 5.41) is 0. The summed E-state index contributed by atoms with van der Waals surface area (Å²) in [4.78, 5) is 15.7. The van der Waals surface area contributed by atoms with Crippen LogP contribution in [0.15, 0.2) is 42.6 Å². The maximum atomic E-state index is 12.1. The minimum absolute atomic E-state index is 0.250. The molecule has 1 heterocycles. The number of alkyl halides is 3. The van der Waals surface area contributed by atoms with E-state index in [4.69, 9.17) is 4.74 Å². The van der Waals surface area contributed by atoms with Crippen LogP contribution in [0.1, 0.15) is 17.3 Å². The second kappa shape index (κ2) is 6.46. The summed E-state index contributed by atoms with van der Waals surface area (Å²) >= 11 is 0. The number of carbonyl (C=O) groups excluding carboxylic acids is 1. The Morgan fingerprint density at radius 1 is 1.18 bits per heavy atom. The molecule has 2 aromatic rings. The minimum atomic E-state index is -4.73.